The number of hydrogen-bond acceptors (Lipinski definition) is 4. The molecule has 0 amide bonds. The van der Waals surface area contributed by atoms with Gasteiger partial charge in [0.25, 0.3) is 0 Å². The van der Waals surface area contributed by atoms with Crippen LogP contribution >= 0.6 is 11.8 Å². The van der Waals surface area contributed by atoms with Crippen molar-refractivity contribution in [3.63, 3.8) is 0 Å². The molecule has 3 fully saturated rings. The zero-order valence-electron chi connectivity index (χ0n) is 16.6. The summed E-state index contributed by atoms with van der Waals surface area (Å²) in [7, 11) is 0. The molecular formula is C22H29N3O2S. The minimum Gasteiger partial charge on any atom is -0.342 e. The van der Waals surface area contributed by atoms with Gasteiger partial charge in [0, 0.05) is 17.9 Å². The average molecular weight is 400 g/mol. The van der Waals surface area contributed by atoms with Crippen molar-refractivity contribution in [2.75, 3.05) is 5.75 Å². The first kappa shape index (κ1) is 19.5. The fourth-order valence-electron chi connectivity index (χ4n) is 5.10. The summed E-state index contributed by atoms with van der Waals surface area (Å²) >= 11 is 1.94. The number of nitrogens with zero attached hydrogens (tertiary/aromatic N) is 3. The van der Waals surface area contributed by atoms with Gasteiger partial charge in [-0.15, -0.1) is 0 Å². The van der Waals surface area contributed by atoms with Crippen LogP contribution in [0.15, 0.2) is 29.4 Å². The molecule has 0 N–H and O–H groups in total. The van der Waals surface area contributed by atoms with Crippen molar-refractivity contribution in [3.05, 3.63) is 45.6 Å². The Balaban J connectivity index is 1.66. The molecule has 1 heterocycles. The number of benzene rings is 1. The third-order valence-corrected chi connectivity index (χ3v) is 7.73. The molecule has 0 aromatic heterocycles. The zero-order chi connectivity index (χ0) is 19.6. The molecule has 0 bridgehead atoms. The molecule has 1 aromatic carbocycles. The number of aryl methyl sites for hydroxylation is 1. The molecule has 150 valence electrons. The lowest BCUT2D eigenvalue weighted by atomic mass is 9.95. The van der Waals surface area contributed by atoms with E-state index in [4.69, 9.17) is 4.99 Å². The van der Waals surface area contributed by atoms with Gasteiger partial charge in [-0.2, -0.15) is 0 Å². The van der Waals surface area contributed by atoms with E-state index >= 15 is 0 Å². The average Bonchev–Trinajstić information content (AvgIpc) is 3.44. The highest BCUT2D eigenvalue weighted by Crippen LogP contribution is 2.48. The van der Waals surface area contributed by atoms with Crippen molar-refractivity contribution < 1.29 is 4.92 Å². The molecule has 6 heteroatoms. The molecule has 1 aromatic rings. The number of thioether (sulfide) groups is 1. The molecule has 3 aliphatic rings. The maximum absolute atomic E-state index is 10.6. The van der Waals surface area contributed by atoms with Gasteiger partial charge in [0.05, 0.1) is 16.1 Å². The highest BCUT2D eigenvalue weighted by atomic mass is 32.2. The van der Waals surface area contributed by atoms with Crippen molar-refractivity contribution in [1.82, 2.24) is 4.90 Å². The number of rotatable bonds is 5. The van der Waals surface area contributed by atoms with Gasteiger partial charge in [0.15, 0.2) is 5.17 Å². The van der Waals surface area contributed by atoms with Crippen LogP contribution in [-0.4, -0.2) is 32.3 Å². The summed E-state index contributed by atoms with van der Waals surface area (Å²) in [6.45, 7) is 2.12. The van der Waals surface area contributed by atoms with Gasteiger partial charge in [-0.3, -0.25) is 10.1 Å². The van der Waals surface area contributed by atoms with Gasteiger partial charge >= 0.3 is 0 Å². The number of aliphatic imine (C=N–C) groups is 1. The Bertz CT molecular complexity index is 793. The molecule has 5 nitrogen and oxygen atoms in total. The van der Waals surface area contributed by atoms with Gasteiger partial charge in [0.1, 0.15) is 0 Å². The summed E-state index contributed by atoms with van der Waals surface area (Å²) in [5.41, 5.74) is 3.36. The molecular weight excluding hydrogens is 370 g/mol. The predicted octanol–water partition coefficient (Wildman–Crippen LogP) is 5.79. The molecule has 28 heavy (non-hydrogen) atoms. The summed E-state index contributed by atoms with van der Waals surface area (Å²) in [6, 6.07) is 6.64. The van der Waals surface area contributed by atoms with E-state index in [2.05, 4.69) is 11.8 Å². The first-order valence-corrected chi connectivity index (χ1v) is 11.6. The van der Waals surface area contributed by atoms with Gasteiger partial charge in [-0.1, -0.05) is 50.4 Å². The topological polar surface area (TPSA) is 58.7 Å². The van der Waals surface area contributed by atoms with Crippen LogP contribution in [0.3, 0.4) is 0 Å². The maximum Gasteiger partial charge on any atom is 0.235 e. The van der Waals surface area contributed by atoms with Crippen molar-refractivity contribution in [2.45, 2.75) is 76.3 Å². The molecule has 1 saturated heterocycles. The van der Waals surface area contributed by atoms with Gasteiger partial charge in [0.2, 0.25) is 6.20 Å². The molecule has 4 rings (SSSR count). The normalized spacial score (nSPS) is 23.6. The quantitative estimate of drug-likeness (QED) is 0.464. The highest BCUT2D eigenvalue weighted by molar-refractivity contribution is 8.14. The molecule has 1 spiro atoms. The second-order valence-corrected chi connectivity index (χ2v) is 9.21. The Kier molecular flexibility index (Phi) is 5.76. The summed E-state index contributed by atoms with van der Waals surface area (Å²) < 4.78 is 0. The fourth-order valence-corrected chi connectivity index (χ4v) is 6.57. The molecule has 0 unspecified atom stereocenters. The SMILES string of the molecule is CCc1cc(/C=C/[N+](=O)[O-])ccc1N=C1SCC2(CCCC2)N1C1CCCC1. The monoisotopic (exact) mass is 399 g/mol. The van der Waals surface area contributed by atoms with Crippen molar-refractivity contribution in [1.29, 1.82) is 0 Å². The van der Waals surface area contributed by atoms with Gasteiger partial charge in [-0.05, 0) is 55.4 Å². The van der Waals surface area contributed by atoms with E-state index in [1.54, 1.807) is 6.08 Å². The Labute approximate surface area is 171 Å². The molecule has 0 radical (unpaired) electrons. The number of amidine groups is 1. The lowest BCUT2D eigenvalue weighted by Crippen LogP contribution is -2.50. The molecule has 2 saturated carbocycles. The van der Waals surface area contributed by atoms with E-state index in [1.807, 2.05) is 30.0 Å². The van der Waals surface area contributed by atoms with E-state index < -0.39 is 4.92 Å². The van der Waals surface area contributed by atoms with Crippen LogP contribution in [0.4, 0.5) is 5.69 Å². The van der Waals surface area contributed by atoms with Crippen LogP contribution in [0.1, 0.15) is 69.4 Å². The van der Waals surface area contributed by atoms with Crippen LogP contribution < -0.4 is 0 Å². The Morgan fingerprint density at radius 1 is 1.29 bits per heavy atom. The Morgan fingerprint density at radius 2 is 2.04 bits per heavy atom. The van der Waals surface area contributed by atoms with E-state index in [-0.39, 0.29) is 0 Å². The number of hydrogen-bond donors (Lipinski definition) is 0. The van der Waals surface area contributed by atoms with Crippen LogP contribution in [0.2, 0.25) is 0 Å². The van der Waals surface area contributed by atoms with Crippen molar-refractivity contribution in [3.8, 4) is 0 Å². The Hall–Kier alpha value is -1.82. The second-order valence-electron chi connectivity index (χ2n) is 8.27. The van der Waals surface area contributed by atoms with Crippen LogP contribution in [0.25, 0.3) is 6.08 Å². The summed E-state index contributed by atoms with van der Waals surface area (Å²) in [5.74, 6) is 1.17. The third-order valence-electron chi connectivity index (χ3n) is 6.50. The van der Waals surface area contributed by atoms with E-state index in [9.17, 15) is 10.1 Å². The van der Waals surface area contributed by atoms with Crippen LogP contribution in [0.5, 0.6) is 0 Å². The molecule has 0 atom stereocenters. The predicted molar refractivity (Wildman–Crippen MR) is 117 cm³/mol. The van der Waals surface area contributed by atoms with Gasteiger partial charge < -0.3 is 4.90 Å². The molecule has 1 aliphatic heterocycles. The standard InChI is InChI=1S/C22H29N3O2S/c1-2-18-15-17(11-14-24(26)27)9-10-20(18)23-21-25(19-7-3-4-8-19)22(16-28-21)12-5-6-13-22/h9-11,14-15,19H,2-8,12-13,16H2,1H3/b14-11+,23-21?. The Morgan fingerprint density at radius 3 is 2.71 bits per heavy atom. The lowest BCUT2D eigenvalue weighted by Gasteiger charge is -2.40. The minimum atomic E-state index is -0.421. The fraction of sp³-hybridized carbons (Fsp3) is 0.591. The summed E-state index contributed by atoms with van der Waals surface area (Å²) in [5, 5.41) is 11.8. The van der Waals surface area contributed by atoms with Crippen LogP contribution in [-0.2, 0) is 6.42 Å². The molecule has 2 aliphatic carbocycles. The largest absolute Gasteiger partial charge is 0.342 e. The number of nitro groups is 1. The summed E-state index contributed by atoms with van der Waals surface area (Å²) in [6.07, 6.45) is 14.0. The first-order chi connectivity index (χ1) is 13.6. The first-order valence-electron chi connectivity index (χ1n) is 10.6. The summed E-state index contributed by atoms with van der Waals surface area (Å²) in [4.78, 5) is 18.1. The zero-order valence-corrected chi connectivity index (χ0v) is 17.4. The van der Waals surface area contributed by atoms with Crippen molar-refractivity contribution in [2.24, 2.45) is 4.99 Å². The minimum absolute atomic E-state index is 0.333. The lowest BCUT2D eigenvalue weighted by molar-refractivity contribution is -0.400. The van der Waals surface area contributed by atoms with Crippen molar-refractivity contribution >= 4 is 28.7 Å². The maximum atomic E-state index is 10.6. The second kappa shape index (κ2) is 8.27. The third kappa shape index (κ3) is 3.84. The van der Waals surface area contributed by atoms with E-state index in [0.717, 1.165) is 29.4 Å². The van der Waals surface area contributed by atoms with Gasteiger partial charge in [-0.25, -0.2) is 4.99 Å². The van der Waals surface area contributed by atoms with Crippen LogP contribution in [0, 0.1) is 10.1 Å². The smallest absolute Gasteiger partial charge is 0.235 e. The van der Waals surface area contributed by atoms with E-state index in [1.165, 1.54) is 62.3 Å². The highest BCUT2D eigenvalue weighted by Gasteiger charge is 2.49. The van der Waals surface area contributed by atoms with E-state index in [0.29, 0.717) is 11.6 Å².